The molecule has 0 N–H and O–H groups in total. The van der Waals surface area contributed by atoms with E-state index in [2.05, 4.69) is 31.9 Å². The van der Waals surface area contributed by atoms with Crippen LogP contribution in [-0.4, -0.2) is 5.78 Å². The molecule has 0 fully saturated rings. The van der Waals surface area contributed by atoms with Gasteiger partial charge >= 0.3 is 0 Å². The summed E-state index contributed by atoms with van der Waals surface area (Å²) in [5, 5.41) is 0. The Hall–Kier alpha value is -1.19. The molecule has 0 aliphatic carbocycles. The first-order valence-corrected chi connectivity index (χ1v) is 7.44. The highest BCUT2D eigenvalue weighted by atomic mass is 79.9. The maximum Gasteiger partial charge on any atom is 0.166 e. The molecule has 0 aliphatic heterocycles. The van der Waals surface area contributed by atoms with Gasteiger partial charge in [0.05, 0.1) is 0 Å². The molecule has 0 heterocycles. The topological polar surface area (TPSA) is 17.1 Å². The van der Waals surface area contributed by atoms with E-state index in [4.69, 9.17) is 0 Å². The number of allylic oxidation sites excluding steroid dienone is 1. The van der Waals surface area contributed by atoms with Crippen LogP contribution in [0.3, 0.4) is 0 Å². The Morgan fingerprint density at radius 2 is 1.74 bits per heavy atom. The van der Waals surface area contributed by atoms with Crippen molar-refractivity contribution >= 4 is 43.7 Å². The molecule has 2 rings (SSSR count). The molecule has 2 aromatic rings. The van der Waals surface area contributed by atoms with E-state index >= 15 is 0 Å². The molecule has 0 amide bonds. The highest BCUT2D eigenvalue weighted by Gasteiger charge is 2.02. The van der Waals surface area contributed by atoms with Gasteiger partial charge < -0.3 is 0 Å². The molecule has 0 radical (unpaired) electrons. The summed E-state index contributed by atoms with van der Waals surface area (Å²) in [7, 11) is 0. The van der Waals surface area contributed by atoms with Crippen molar-refractivity contribution in [2.75, 3.05) is 0 Å². The van der Waals surface area contributed by atoms with Gasteiger partial charge in [-0.1, -0.05) is 68.3 Å². The predicted molar refractivity (Wildman–Crippen MR) is 86.3 cm³/mol. The monoisotopic (exact) mass is 378 g/mol. The largest absolute Gasteiger partial charge is 0.294 e. The minimum Gasteiger partial charge on any atom is -0.294 e. The van der Waals surface area contributed by atoms with Gasteiger partial charge in [-0.2, -0.15) is 0 Å². The third-order valence-corrected chi connectivity index (χ3v) is 3.65. The second-order valence-corrected chi connectivity index (χ2v) is 5.92. The Morgan fingerprint density at radius 3 is 2.42 bits per heavy atom. The number of hydrogen-bond acceptors (Lipinski definition) is 1. The SMILES string of the molecule is O=C(CC=Cc1cccc(Br)c1)c1ccc(Br)cc1. The number of halogens is 2. The number of Topliss-reactive ketones (excluding diaryl/α,β-unsaturated/α-hetero) is 1. The molecule has 0 aliphatic rings. The van der Waals surface area contributed by atoms with Crippen molar-refractivity contribution in [2.24, 2.45) is 0 Å². The van der Waals surface area contributed by atoms with Crippen LogP contribution >= 0.6 is 31.9 Å². The van der Waals surface area contributed by atoms with Crippen LogP contribution in [0.4, 0.5) is 0 Å². The average molecular weight is 380 g/mol. The Bertz CT molecular complexity index is 600. The van der Waals surface area contributed by atoms with Gasteiger partial charge in [-0.3, -0.25) is 4.79 Å². The van der Waals surface area contributed by atoms with Gasteiger partial charge in [-0.15, -0.1) is 0 Å². The molecule has 0 saturated carbocycles. The van der Waals surface area contributed by atoms with Gasteiger partial charge in [0.25, 0.3) is 0 Å². The van der Waals surface area contributed by atoms with Gasteiger partial charge in [-0.25, -0.2) is 0 Å². The zero-order valence-electron chi connectivity index (χ0n) is 10.1. The summed E-state index contributed by atoms with van der Waals surface area (Å²) in [5.41, 5.74) is 1.82. The fraction of sp³-hybridized carbons (Fsp3) is 0.0625. The molecule has 0 aromatic heterocycles. The lowest BCUT2D eigenvalue weighted by molar-refractivity contribution is 0.0996. The molecule has 0 saturated heterocycles. The Kier molecular flexibility index (Phi) is 5.11. The van der Waals surface area contributed by atoms with E-state index in [-0.39, 0.29) is 5.78 Å². The molecule has 0 unspecified atom stereocenters. The summed E-state index contributed by atoms with van der Waals surface area (Å²) in [5.74, 6) is 0.124. The zero-order valence-corrected chi connectivity index (χ0v) is 13.3. The first kappa shape index (κ1) is 14.2. The normalized spacial score (nSPS) is 10.8. The fourth-order valence-corrected chi connectivity index (χ4v) is 2.35. The number of carbonyl (C=O) groups excluding carboxylic acids is 1. The van der Waals surface area contributed by atoms with Gasteiger partial charge in [-0.05, 0) is 29.8 Å². The number of benzene rings is 2. The number of hydrogen-bond donors (Lipinski definition) is 0. The predicted octanol–water partition coefficient (Wildman–Crippen LogP) is 5.50. The summed E-state index contributed by atoms with van der Waals surface area (Å²) in [6, 6.07) is 15.4. The van der Waals surface area contributed by atoms with Crippen LogP contribution in [0.1, 0.15) is 22.3 Å². The lowest BCUT2D eigenvalue weighted by Gasteiger charge is -1.98. The van der Waals surface area contributed by atoms with Crippen molar-refractivity contribution in [3.05, 3.63) is 74.7 Å². The number of carbonyl (C=O) groups is 1. The fourth-order valence-electron chi connectivity index (χ4n) is 1.67. The average Bonchev–Trinajstić information content (AvgIpc) is 2.39. The lowest BCUT2D eigenvalue weighted by atomic mass is 10.1. The second-order valence-electron chi connectivity index (χ2n) is 4.09. The third kappa shape index (κ3) is 4.44. The van der Waals surface area contributed by atoms with Crippen LogP contribution in [0.15, 0.2) is 63.6 Å². The summed E-state index contributed by atoms with van der Waals surface area (Å²) in [4.78, 5) is 11.9. The van der Waals surface area contributed by atoms with Crippen molar-refractivity contribution in [3.8, 4) is 0 Å². The Morgan fingerprint density at radius 1 is 1.00 bits per heavy atom. The first-order chi connectivity index (χ1) is 9.15. The van der Waals surface area contributed by atoms with E-state index in [1.165, 1.54) is 0 Å². The van der Waals surface area contributed by atoms with Crippen molar-refractivity contribution in [3.63, 3.8) is 0 Å². The van der Waals surface area contributed by atoms with E-state index in [0.29, 0.717) is 6.42 Å². The molecule has 1 nitrogen and oxygen atoms in total. The molecule has 0 spiro atoms. The van der Waals surface area contributed by atoms with E-state index in [0.717, 1.165) is 20.1 Å². The van der Waals surface area contributed by atoms with E-state index < -0.39 is 0 Å². The first-order valence-electron chi connectivity index (χ1n) is 5.86. The van der Waals surface area contributed by atoms with Crippen molar-refractivity contribution in [1.29, 1.82) is 0 Å². The van der Waals surface area contributed by atoms with Gasteiger partial charge in [0, 0.05) is 20.9 Å². The maximum absolute atomic E-state index is 11.9. The summed E-state index contributed by atoms with van der Waals surface area (Å²) in [6.45, 7) is 0. The molecule has 3 heteroatoms. The summed E-state index contributed by atoms with van der Waals surface area (Å²) in [6.07, 6.45) is 4.27. The van der Waals surface area contributed by atoms with Crippen LogP contribution in [0, 0.1) is 0 Å². The van der Waals surface area contributed by atoms with E-state index in [1.807, 2.05) is 60.7 Å². The number of ketones is 1. The summed E-state index contributed by atoms with van der Waals surface area (Å²) < 4.78 is 2.02. The lowest BCUT2D eigenvalue weighted by Crippen LogP contribution is -1.96. The van der Waals surface area contributed by atoms with Crippen LogP contribution in [0.25, 0.3) is 6.08 Å². The smallest absolute Gasteiger partial charge is 0.166 e. The number of rotatable bonds is 4. The van der Waals surface area contributed by atoms with Gasteiger partial charge in [0.2, 0.25) is 0 Å². The van der Waals surface area contributed by atoms with E-state index in [1.54, 1.807) is 0 Å². The van der Waals surface area contributed by atoms with Crippen LogP contribution < -0.4 is 0 Å². The van der Waals surface area contributed by atoms with Gasteiger partial charge in [0.15, 0.2) is 5.78 Å². The van der Waals surface area contributed by atoms with Crippen LogP contribution in [-0.2, 0) is 0 Å². The minimum absolute atomic E-state index is 0.124. The molecule has 19 heavy (non-hydrogen) atoms. The van der Waals surface area contributed by atoms with Crippen molar-refractivity contribution in [2.45, 2.75) is 6.42 Å². The second kappa shape index (κ2) is 6.83. The zero-order chi connectivity index (χ0) is 13.7. The van der Waals surface area contributed by atoms with Crippen LogP contribution in [0.2, 0.25) is 0 Å². The highest BCUT2D eigenvalue weighted by molar-refractivity contribution is 9.10. The third-order valence-electron chi connectivity index (χ3n) is 2.63. The minimum atomic E-state index is 0.124. The Labute approximate surface area is 129 Å². The standard InChI is InChI=1S/C16H12Br2O/c17-14-9-7-13(8-10-14)16(19)6-2-4-12-3-1-5-15(18)11-12/h1-5,7-11H,6H2. The Balaban J connectivity index is 1.98. The van der Waals surface area contributed by atoms with Crippen molar-refractivity contribution < 1.29 is 4.79 Å². The van der Waals surface area contributed by atoms with Gasteiger partial charge in [0.1, 0.15) is 0 Å². The molecular weight excluding hydrogens is 368 g/mol. The molecule has 96 valence electrons. The van der Waals surface area contributed by atoms with Crippen molar-refractivity contribution in [1.82, 2.24) is 0 Å². The highest BCUT2D eigenvalue weighted by Crippen LogP contribution is 2.14. The molecular formula is C16H12Br2O. The molecule has 0 bridgehead atoms. The maximum atomic E-state index is 11.9. The molecule has 0 atom stereocenters. The quantitative estimate of drug-likeness (QED) is 0.641. The van der Waals surface area contributed by atoms with Crippen LogP contribution in [0.5, 0.6) is 0 Å². The summed E-state index contributed by atoms with van der Waals surface area (Å²) >= 11 is 6.78. The van der Waals surface area contributed by atoms with E-state index in [9.17, 15) is 4.79 Å². The molecule has 2 aromatic carbocycles.